The minimum absolute atomic E-state index is 0.0322. The standard InChI is InChI=1S/C8H6F2N4O/c9-4-1-5(10)8-6(2-4)12-13-14(8)3-7(11)15/h1-2H,3H2,(H2,11,15). The molecule has 0 radical (unpaired) electrons. The van der Waals surface area contributed by atoms with Gasteiger partial charge in [-0.3, -0.25) is 4.79 Å². The number of fused-ring (bicyclic) bond motifs is 1. The molecule has 0 atom stereocenters. The van der Waals surface area contributed by atoms with Gasteiger partial charge in [-0.25, -0.2) is 13.5 Å². The van der Waals surface area contributed by atoms with Gasteiger partial charge in [0.05, 0.1) is 0 Å². The van der Waals surface area contributed by atoms with Crippen LogP contribution < -0.4 is 5.73 Å². The first kappa shape index (κ1) is 9.50. The highest BCUT2D eigenvalue weighted by atomic mass is 19.1. The minimum Gasteiger partial charge on any atom is -0.368 e. The van der Waals surface area contributed by atoms with Crippen LogP contribution in [0, 0.1) is 11.6 Å². The van der Waals surface area contributed by atoms with E-state index in [0.29, 0.717) is 6.07 Å². The van der Waals surface area contributed by atoms with Crippen LogP contribution in [0.2, 0.25) is 0 Å². The van der Waals surface area contributed by atoms with Gasteiger partial charge in [0.1, 0.15) is 23.4 Å². The predicted octanol–water partition coefficient (Wildman–Crippen LogP) is 0.195. The van der Waals surface area contributed by atoms with E-state index in [-0.39, 0.29) is 17.6 Å². The van der Waals surface area contributed by atoms with E-state index < -0.39 is 17.5 Å². The number of carbonyl (C=O) groups excluding carboxylic acids is 1. The Labute approximate surface area is 82.5 Å². The van der Waals surface area contributed by atoms with E-state index in [1.165, 1.54) is 0 Å². The molecular weight excluding hydrogens is 206 g/mol. The first-order valence-corrected chi connectivity index (χ1v) is 4.04. The summed E-state index contributed by atoms with van der Waals surface area (Å²) in [6.07, 6.45) is 0. The number of rotatable bonds is 2. The number of nitrogens with zero attached hydrogens (tertiary/aromatic N) is 3. The topological polar surface area (TPSA) is 73.8 Å². The Bertz CT molecular complexity index is 537. The number of primary amides is 1. The second-order valence-electron chi connectivity index (χ2n) is 2.97. The van der Waals surface area contributed by atoms with E-state index in [0.717, 1.165) is 10.7 Å². The maximum absolute atomic E-state index is 13.3. The Morgan fingerprint density at radius 2 is 2.20 bits per heavy atom. The van der Waals surface area contributed by atoms with Crippen molar-refractivity contribution in [1.29, 1.82) is 0 Å². The van der Waals surface area contributed by atoms with E-state index in [1.54, 1.807) is 0 Å². The molecule has 0 fully saturated rings. The van der Waals surface area contributed by atoms with Crippen LogP contribution in [-0.4, -0.2) is 20.9 Å². The van der Waals surface area contributed by atoms with Crippen LogP contribution in [0.15, 0.2) is 12.1 Å². The number of nitrogens with two attached hydrogens (primary N) is 1. The molecule has 1 amide bonds. The van der Waals surface area contributed by atoms with Gasteiger partial charge in [-0.2, -0.15) is 0 Å². The third kappa shape index (κ3) is 1.63. The number of aromatic nitrogens is 3. The quantitative estimate of drug-likeness (QED) is 0.772. The van der Waals surface area contributed by atoms with Gasteiger partial charge in [0, 0.05) is 12.1 Å². The first-order valence-electron chi connectivity index (χ1n) is 4.04. The number of halogens is 2. The summed E-state index contributed by atoms with van der Waals surface area (Å²) < 4.78 is 27.1. The molecular formula is C8H6F2N4O. The molecule has 0 aliphatic carbocycles. The molecule has 2 aromatic rings. The summed E-state index contributed by atoms with van der Waals surface area (Å²) >= 11 is 0. The van der Waals surface area contributed by atoms with E-state index in [9.17, 15) is 13.6 Å². The molecule has 1 heterocycles. The summed E-state index contributed by atoms with van der Waals surface area (Å²) in [6.45, 7) is -0.293. The molecule has 0 aliphatic heterocycles. The van der Waals surface area contributed by atoms with Crippen LogP contribution in [0.3, 0.4) is 0 Å². The highest BCUT2D eigenvalue weighted by molar-refractivity contribution is 5.79. The van der Waals surface area contributed by atoms with Crippen LogP contribution in [0.1, 0.15) is 0 Å². The van der Waals surface area contributed by atoms with Crippen molar-refractivity contribution in [2.75, 3.05) is 0 Å². The summed E-state index contributed by atoms with van der Waals surface area (Å²) in [6, 6.07) is 1.73. The fourth-order valence-electron chi connectivity index (χ4n) is 1.29. The molecule has 0 aliphatic rings. The van der Waals surface area contributed by atoms with Crippen molar-refractivity contribution < 1.29 is 13.6 Å². The first-order chi connectivity index (χ1) is 7.08. The maximum atomic E-state index is 13.3. The number of amides is 1. The van der Waals surface area contributed by atoms with Gasteiger partial charge in [-0.1, -0.05) is 5.21 Å². The molecule has 0 saturated heterocycles. The fourth-order valence-corrected chi connectivity index (χ4v) is 1.29. The molecule has 0 bridgehead atoms. The normalized spacial score (nSPS) is 10.8. The summed E-state index contributed by atoms with van der Waals surface area (Å²) in [5, 5.41) is 7.02. The zero-order chi connectivity index (χ0) is 11.0. The van der Waals surface area contributed by atoms with Crippen LogP contribution in [0.5, 0.6) is 0 Å². The average molecular weight is 212 g/mol. The van der Waals surface area contributed by atoms with E-state index in [4.69, 9.17) is 5.73 Å². The molecule has 78 valence electrons. The van der Waals surface area contributed by atoms with Crippen molar-refractivity contribution in [3.05, 3.63) is 23.8 Å². The lowest BCUT2D eigenvalue weighted by atomic mass is 10.3. The Kier molecular flexibility index (Phi) is 2.07. The molecule has 1 aromatic carbocycles. The number of carbonyl (C=O) groups is 1. The van der Waals surface area contributed by atoms with Crippen molar-refractivity contribution >= 4 is 16.9 Å². The second kappa shape index (κ2) is 3.26. The Morgan fingerprint density at radius 1 is 1.47 bits per heavy atom. The lowest BCUT2D eigenvalue weighted by Crippen LogP contribution is -2.19. The summed E-state index contributed by atoms with van der Waals surface area (Å²) in [5.41, 5.74) is 4.95. The Hall–Kier alpha value is -2.05. The van der Waals surface area contributed by atoms with Gasteiger partial charge in [0.15, 0.2) is 5.82 Å². The SMILES string of the molecule is NC(=O)Cn1nnc2cc(F)cc(F)c21. The van der Waals surface area contributed by atoms with Crippen molar-refractivity contribution in [1.82, 2.24) is 15.0 Å². The molecule has 5 nitrogen and oxygen atoms in total. The third-order valence-corrected chi connectivity index (χ3v) is 1.83. The van der Waals surface area contributed by atoms with E-state index >= 15 is 0 Å². The summed E-state index contributed by atoms with van der Waals surface area (Å²) in [7, 11) is 0. The molecule has 2 rings (SSSR count). The van der Waals surface area contributed by atoms with Gasteiger partial charge in [-0.05, 0) is 0 Å². The highest BCUT2D eigenvalue weighted by Crippen LogP contribution is 2.16. The van der Waals surface area contributed by atoms with Gasteiger partial charge >= 0.3 is 0 Å². The molecule has 7 heteroatoms. The van der Waals surface area contributed by atoms with E-state index in [2.05, 4.69) is 10.3 Å². The van der Waals surface area contributed by atoms with E-state index in [1.807, 2.05) is 0 Å². The lowest BCUT2D eigenvalue weighted by molar-refractivity contribution is -0.118. The number of hydrogen-bond acceptors (Lipinski definition) is 3. The predicted molar refractivity (Wildman–Crippen MR) is 46.6 cm³/mol. The average Bonchev–Trinajstić information content (AvgIpc) is 2.46. The van der Waals surface area contributed by atoms with Gasteiger partial charge < -0.3 is 5.73 Å². The van der Waals surface area contributed by atoms with Gasteiger partial charge in [0.2, 0.25) is 5.91 Å². The zero-order valence-corrected chi connectivity index (χ0v) is 7.44. The highest BCUT2D eigenvalue weighted by Gasteiger charge is 2.12. The Balaban J connectivity index is 2.63. The van der Waals surface area contributed by atoms with Crippen LogP contribution >= 0.6 is 0 Å². The Morgan fingerprint density at radius 3 is 2.87 bits per heavy atom. The van der Waals surface area contributed by atoms with Crippen LogP contribution in [0.4, 0.5) is 8.78 Å². The molecule has 2 N–H and O–H groups in total. The van der Waals surface area contributed by atoms with Crippen molar-refractivity contribution in [3.63, 3.8) is 0 Å². The number of hydrogen-bond donors (Lipinski definition) is 1. The van der Waals surface area contributed by atoms with Crippen LogP contribution in [0.25, 0.3) is 11.0 Å². The number of benzene rings is 1. The minimum atomic E-state index is -0.823. The summed E-state index contributed by atoms with van der Waals surface area (Å²) in [4.78, 5) is 10.6. The maximum Gasteiger partial charge on any atom is 0.239 e. The fraction of sp³-hybridized carbons (Fsp3) is 0.125. The van der Waals surface area contributed by atoms with Gasteiger partial charge in [0.25, 0.3) is 0 Å². The molecule has 0 saturated carbocycles. The molecule has 15 heavy (non-hydrogen) atoms. The monoisotopic (exact) mass is 212 g/mol. The molecule has 1 aromatic heterocycles. The lowest BCUT2D eigenvalue weighted by Gasteiger charge is -1.98. The zero-order valence-electron chi connectivity index (χ0n) is 7.44. The van der Waals surface area contributed by atoms with Gasteiger partial charge in [-0.15, -0.1) is 5.10 Å². The largest absolute Gasteiger partial charge is 0.368 e. The van der Waals surface area contributed by atoms with Crippen LogP contribution in [-0.2, 0) is 11.3 Å². The molecule has 0 unspecified atom stereocenters. The molecule has 0 spiro atoms. The van der Waals surface area contributed by atoms with Crippen molar-refractivity contribution in [2.24, 2.45) is 5.73 Å². The smallest absolute Gasteiger partial charge is 0.239 e. The summed E-state index contributed by atoms with van der Waals surface area (Å²) in [5.74, 6) is -2.24. The van der Waals surface area contributed by atoms with Crippen molar-refractivity contribution in [3.8, 4) is 0 Å². The van der Waals surface area contributed by atoms with Crippen molar-refractivity contribution in [2.45, 2.75) is 6.54 Å². The second-order valence-corrected chi connectivity index (χ2v) is 2.97. The third-order valence-electron chi connectivity index (χ3n) is 1.83.